The molecule has 0 spiro atoms. The van der Waals surface area contributed by atoms with Crippen molar-refractivity contribution >= 4 is 11.6 Å². The minimum atomic E-state index is -0.133. The van der Waals surface area contributed by atoms with E-state index in [0.29, 0.717) is 10.9 Å². The van der Waals surface area contributed by atoms with Gasteiger partial charge >= 0.3 is 0 Å². The number of rotatable bonds is 4. The molecule has 1 rings (SSSR count). The lowest BCUT2D eigenvalue weighted by atomic mass is 9.98. The lowest BCUT2D eigenvalue weighted by Gasteiger charge is -2.15. The molecule has 15 heavy (non-hydrogen) atoms. The molecule has 0 fully saturated rings. The Hall–Kier alpha value is -0.730. The van der Waals surface area contributed by atoms with Crippen LogP contribution in [0.25, 0.3) is 0 Å². The number of hydrogen-bond donors (Lipinski definition) is 2. The van der Waals surface area contributed by atoms with Gasteiger partial charge in [0.1, 0.15) is 5.75 Å². The summed E-state index contributed by atoms with van der Waals surface area (Å²) in [4.78, 5) is 0. The fourth-order valence-corrected chi connectivity index (χ4v) is 1.67. The zero-order valence-corrected chi connectivity index (χ0v) is 9.96. The molecule has 0 unspecified atom stereocenters. The predicted molar refractivity (Wildman–Crippen MR) is 64.1 cm³/mol. The first-order valence-corrected chi connectivity index (χ1v) is 5.62. The van der Waals surface area contributed by atoms with Crippen molar-refractivity contribution in [1.29, 1.82) is 0 Å². The molecule has 3 heteroatoms. The molecular formula is C12H18ClNO. The number of nitrogens with two attached hydrogens (primary N) is 1. The van der Waals surface area contributed by atoms with Crippen LogP contribution < -0.4 is 5.73 Å². The number of aromatic hydroxyl groups is 1. The van der Waals surface area contributed by atoms with E-state index < -0.39 is 0 Å². The summed E-state index contributed by atoms with van der Waals surface area (Å²) in [6.45, 7) is 4.31. The average molecular weight is 228 g/mol. The molecule has 84 valence electrons. The first-order valence-electron chi connectivity index (χ1n) is 5.24. The Kier molecular flexibility index (Phi) is 4.43. The van der Waals surface area contributed by atoms with E-state index in [9.17, 15) is 5.11 Å². The van der Waals surface area contributed by atoms with Crippen molar-refractivity contribution in [2.24, 2.45) is 11.7 Å². The molecule has 1 aromatic carbocycles. The Balaban J connectivity index is 2.72. The van der Waals surface area contributed by atoms with Gasteiger partial charge in [-0.25, -0.2) is 0 Å². The van der Waals surface area contributed by atoms with Gasteiger partial charge in [-0.1, -0.05) is 25.4 Å². The normalized spacial score (nSPS) is 13.1. The quantitative estimate of drug-likeness (QED) is 0.827. The maximum absolute atomic E-state index is 9.63. The lowest BCUT2D eigenvalue weighted by Crippen LogP contribution is -2.11. The standard InChI is InChI=1S/C12H18ClNO/c1-8(2)3-5-11(14)10-7-9(13)4-6-12(10)15/h4,6-8,11,15H,3,5,14H2,1-2H3/t11-/m1/s1. The molecule has 0 saturated heterocycles. The van der Waals surface area contributed by atoms with Crippen LogP contribution in [0.1, 0.15) is 38.3 Å². The number of hydrogen-bond acceptors (Lipinski definition) is 2. The zero-order valence-electron chi connectivity index (χ0n) is 9.20. The number of phenols is 1. The number of halogens is 1. The van der Waals surface area contributed by atoms with E-state index in [4.69, 9.17) is 17.3 Å². The van der Waals surface area contributed by atoms with Crippen LogP contribution in [-0.2, 0) is 0 Å². The Morgan fingerprint density at radius 1 is 1.33 bits per heavy atom. The Morgan fingerprint density at radius 3 is 2.60 bits per heavy atom. The first-order chi connectivity index (χ1) is 7.00. The van der Waals surface area contributed by atoms with Crippen molar-refractivity contribution in [3.05, 3.63) is 28.8 Å². The van der Waals surface area contributed by atoms with E-state index in [1.165, 1.54) is 0 Å². The van der Waals surface area contributed by atoms with E-state index in [2.05, 4.69) is 13.8 Å². The highest BCUT2D eigenvalue weighted by molar-refractivity contribution is 6.30. The third-order valence-corrected chi connectivity index (χ3v) is 2.68. The van der Waals surface area contributed by atoms with Gasteiger partial charge in [0, 0.05) is 16.6 Å². The van der Waals surface area contributed by atoms with Gasteiger partial charge in [-0.2, -0.15) is 0 Å². The molecule has 0 bridgehead atoms. The highest BCUT2D eigenvalue weighted by atomic mass is 35.5. The molecule has 3 N–H and O–H groups in total. The van der Waals surface area contributed by atoms with Crippen molar-refractivity contribution in [2.75, 3.05) is 0 Å². The number of phenolic OH excluding ortho intramolecular Hbond substituents is 1. The van der Waals surface area contributed by atoms with Gasteiger partial charge in [0.15, 0.2) is 0 Å². The van der Waals surface area contributed by atoms with Gasteiger partial charge in [0.25, 0.3) is 0 Å². The average Bonchev–Trinajstić information content (AvgIpc) is 2.18. The maximum Gasteiger partial charge on any atom is 0.120 e. The molecule has 0 aliphatic carbocycles. The van der Waals surface area contributed by atoms with E-state index >= 15 is 0 Å². The lowest BCUT2D eigenvalue weighted by molar-refractivity contribution is 0.448. The molecule has 0 heterocycles. The second-order valence-corrected chi connectivity index (χ2v) is 4.72. The predicted octanol–water partition coefficient (Wildman–Crippen LogP) is 3.48. The fourth-order valence-electron chi connectivity index (χ4n) is 1.49. The van der Waals surface area contributed by atoms with Crippen molar-refractivity contribution in [1.82, 2.24) is 0 Å². The van der Waals surface area contributed by atoms with Crippen LogP contribution in [0.15, 0.2) is 18.2 Å². The molecule has 1 atom stereocenters. The molecule has 1 aromatic rings. The van der Waals surface area contributed by atoms with Crippen LogP contribution in [0.5, 0.6) is 5.75 Å². The van der Waals surface area contributed by atoms with Gasteiger partial charge in [-0.05, 0) is 37.0 Å². The first kappa shape index (κ1) is 12.3. The van der Waals surface area contributed by atoms with Crippen molar-refractivity contribution in [3.63, 3.8) is 0 Å². The molecule has 2 nitrogen and oxygen atoms in total. The second kappa shape index (κ2) is 5.38. The topological polar surface area (TPSA) is 46.2 Å². The van der Waals surface area contributed by atoms with Crippen molar-refractivity contribution < 1.29 is 5.11 Å². The van der Waals surface area contributed by atoms with Crippen molar-refractivity contribution in [3.8, 4) is 5.75 Å². The smallest absolute Gasteiger partial charge is 0.120 e. The van der Waals surface area contributed by atoms with Crippen LogP contribution in [-0.4, -0.2) is 5.11 Å². The minimum absolute atomic E-state index is 0.133. The largest absolute Gasteiger partial charge is 0.508 e. The van der Waals surface area contributed by atoms with Gasteiger partial charge in [0.2, 0.25) is 0 Å². The summed E-state index contributed by atoms with van der Waals surface area (Å²) in [5, 5.41) is 10.2. The highest BCUT2D eigenvalue weighted by Gasteiger charge is 2.11. The molecule has 0 amide bonds. The summed E-state index contributed by atoms with van der Waals surface area (Å²) in [6.07, 6.45) is 1.92. The van der Waals surface area contributed by atoms with Crippen molar-refractivity contribution in [2.45, 2.75) is 32.7 Å². The summed E-state index contributed by atoms with van der Waals surface area (Å²) in [6, 6.07) is 4.86. The van der Waals surface area contributed by atoms with E-state index in [1.807, 2.05) is 0 Å². The molecule has 0 aliphatic rings. The monoisotopic (exact) mass is 227 g/mol. The SMILES string of the molecule is CC(C)CC[C@@H](N)c1cc(Cl)ccc1O. The molecule has 0 aliphatic heterocycles. The van der Waals surface area contributed by atoms with E-state index in [1.54, 1.807) is 18.2 Å². The Morgan fingerprint density at radius 2 is 2.00 bits per heavy atom. The van der Waals surface area contributed by atoms with Gasteiger partial charge in [-0.15, -0.1) is 0 Å². The molecule has 0 aromatic heterocycles. The Bertz CT molecular complexity index is 325. The third kappa shape index (κ3) is 3.73. The molecule has 0 saturated carbocycles. The van der Waals surface area contributed by atoms with Crippen LogP contribution in [0.4, 0.5) is 0 Å². The van der Waals surface area contributed by atoms with Crippen LogP contribution in [0.2, 0.25) is 5.02 Å². The summed E-state index contributed by atoms with van der Waals surface area (Å²) < 4.78 is 0. The fraction of sp³-hybridized carbons (Fsp3) is 0.500. The highest BCUT2D eigenvalue weighted by Crippen LogP contribution is 2.29. The molecular weight excluding hydrogens is 210 g/mol. The number of benzene rings is 1. The van der Waals surface area contributed by atoms with Gasteiger partial charge in [0.05, 0.1) is 0 Å². The second-order valence-electron chi connectivity index (χ2n) is 4.28. The van der Waals surface area contributed by atoms with Crippen LogP contribution in [0, 0.1) is 5.92 Å². The Labute approximate surface area is 96.1 Å². The van der Waals surface area contributed by atoms with Crippen LogP contribution in [0.3, 0.4) is 0 Å². The van der Waals surface area contributed by atoms with Crippen LogP contribution >= 0.6 is 11.6 Å². The zero-order chi connectivity index (χ0) is 11.4. The van der Waals surface area contributed by atoms with Gasteiger partial charge in [-0.3, -0.25) is 0 Å². The van der Waals surface area contributed by atoms with E-state index in [0.717, 1.165) is 18.4 Å². The summed E-state index contributed by atoms with van der Waals surface area (Å²) in [5.41, 5.74) is 6.73. The summed E-state index contributed by atoms with van der Waals surface area (Å²) in [7, 11) is 0. The third-order valence-electron chi connectivity index (χ3n) is 2.44. The van der Waals surface area contributed by atoms with Gasteiger partial charge < -0.3 is 10.8 Å². The molecule has 0 radical (unpaired) electrons. The summed E-state index contributed by atoms with van der Waals surface area (Å²) in [5.74, 6) is 0.855. The maximum atomic E-state index is 9.63. The summed E-state index contributed by atoms with van der Waals surface area (Å²) >= 11 is 5.86. The van der Waals surface area contributed by atoms with E-state index in [-0.39, 0.29) is 11.8 Å². The minimum Gasteiger partial charge on any atom is -0.508 e.